The Kier molecular flexibility index (Phi) is 5.07. The highest BCUT2D eigenvalue weighted by Gasteiger charge is 2.34. The molecular formula is C16H26N2O2S. The molecule has 0 bridgehead atoms. The third-order valence-corrected chi connectivity index (χ3v) is 6.25. The van der Waals surface area contributed by atoms with E-state index in [1.807, 2.05) is 40.0 Å². The fraction of sp³-hybridized carbons (Fsp3) is 0.625. The first-order chi connectivity index (χ1) is 9.87. The molecule has 0 unspecified atom stereocenters. The molecule has 1 saturated carbocycles. The maximum absolute atomic E-state index is 13.0. The molecule has 0 atom stereocenters. The van der Waals surface area contributed by atoms with E-state index in [0.29, 0.717) is 23.9 Å². The molecule has 118 valence electrons. The van der Waals surface area contributed by atoms with E-state index in [9.17, 15) is 8.42 Å². The summed E-state index contributed by atoms with van der Waals surface area (Å²) < 4.78 is 27.7. The number of benzene rings is 1. The highest BCUT2D eigenvalue weighted by atomic mass is 32.2. The van der Waals surface area contributed by atoms with Crippen LogP contribution in [0, 0.1) is 12.8 Å². The topological polar surface area (TPSA) is 49.4 Å². The summed E-state index contributed by atoms with van der Waals surface area (Å²) in [4.78, 5) is 0.449. The Bertz CT molecular complexity index is 592. The predicted molar refractivity (Wildman–Crippen MR) is 85.7 cm³/mol. The summed E-state index contributed by atoms with van der Waals surface area (Å²) in [6.07, 6.45) is 2.30. The van der Waals surface area contributed by atoms with Gasteiger partial charge in [0.1, 0.15) is 0 Å². The Morgan fingerprint density at radius 3 is 2.52 bits per heavy atom. The molecular weight excluding hydrogens is 284 g/mol. The molecule has 1 aromatic carbocycles. The van der Waals surface area contributed by atoms with Crippen molar-refractivity contribution in [3.63, 3.8) is 0 Å². The Labute approximate surface area is 128 Å². The first kappa shape index (κ1) is 16.5. The zero-order chi connectivity index (χ0) is 15.6. The van der Waals surface area contributed by atoms with Gasteiger partial charge in [0.05, 0.1) is 4.90 Å². The lowest BCUT2D eigenvalue weighted by atomic mass is 10.1. The van der Waals surface area contributed by atoms with Gasteiger partial charge >= 0.3 is 0 Å². The Morgan fingerprint density at radius 2 is 2.00 bits per heavy atom. The monoisotopic (exact) mass is 310 g/mol. The number of nitrogens with zero attached hydrogens (tertiary/aromatic N) is 1. The summed E-state index contributed by atoms with van der Waals surface area (Å²) in [6.45, 7) is 7.13. The standard InChI is InChI=1S/C16H26N2O2S/c1-12(2)18(11-14-8-9-14)21(19,20)16-7-5-6-15(10-17-4)13(16)3/h5-7,12,14,17H,8-11H2,1-4H3. The van der Waals surface area contributed by atoms with Gasteiger partial charge in [-0.25, -0.2) is 8.42 Å². The average Bonchev–Trinajstić information content (AvgIpc) is 3.22. The lowest BCUT2D eigenvalue weighted by Gasteiger charge is -2.27. The Morgan fingerprint density at radius 1 is 1.33 bits per heavy atom. The minimum absolute atomic E-state index is 0.0112. The molecule has 2 rings (SSSR count). The number of nitrogens with one attached hydrogen (secondary N) is 1. The molecule has 4 nitrogen and oxygen atoms in total. The maximum Gasteiger partial charge on any atom is 0.243 e. The summed E-state index contributed by atoms with van der Waals surface area (Å²) in [5.74, 6) is 0.544. The van der Waals surface area contributed by atoms with Crippen LogP contribution in [0.3, 0.4) is 0 Å². The van der Waals surface area contributed by atoms with E-state index in [1.54, 1.807) is 10.4 Å². The molecule has 1 fully saturated rings. The molecule has 5 heteroatoms. The summed E-state index contributed by atoms with van der Waals surface area (Å²) in [5, 5.41) is 3.09. The van der Waals surface area contributed by atoms with Crippen molar-refractivity contribution in [2.24, 2.45) is 5.92 Å². The second kappa shape index (κ2) is 6.46. The lowest BCUT2D eigenvalue weighted by molar-refractivity contribution is 0.341. The Hall–Kier alpha value is -0.910. The predicted octanol–water partition coefficient (Wildman–Crippen LogP) is 2.52. The van der Waals surface area contributed by atoms with E-state index in [2.05, 4.69) is 5.32 Å². The van der Waals surface area contributed by atoms with Crippen molar-refractivity contribution in [2.45, 2.75) is 51.1 Å². The second-order valence-electron chi connectivity index (χ2n) is 6.18. The molecule has 0 aliphatic heterocycles. The number of rotatable bonds is 7. The van der Waals surface area contributed by atoms with Gasteiger partial charge in [0, 0.05) is 19.1 Å². The fourth-order valence-electron chi connectivity index (χ4n) is 2.59. The lowest BCUT2D eigenvalue weighted by Crippen LogP contribution is -2.38. The number of hydrogen-bond acceptors (Lipinski definition) is 3. The highest BCUT2D eigenvalue weighted by Crippen LogP contribution is 2.33. The maximum atomic E-state index is 13.0. The van der Waals surface area contributed by atoms with Crippen LogP contribution in [0.1, 0.15) is 37.8 Å². The van der Waals surface area contributed by atoms with Crippen LogP contribution in [0.4, 0.5) is 0 Å². The van der Waals surface area contributed by atoms with E-state index in [4.69, 9.17) is 0 Å². The SMILES string of the molecule is CNCc1cccc(S(=O)(=O)N(CC2CC2)C(C)C)c1C. The smallest absolute Gasteiger partial charge is 0.243 e. The van der Waals surface area contributed by atoms with Crippen molar-refractivity contribution in [2.75, 3.05) is 13.6 Å². The summed E-state index contributed by atoms with van der Waals surface area (Å²) >= 11 is 0. The zero-order valence-corrected chi connectivity index (χ0v) is 14.2. The summed E-state index contributed by atoms with van der Waals surface area (Å²) in [6, 6.07) is 5.53. The van der Waals surface area contributed by atoms with Gasteiger partial charge in [0.2, 0.25) is 10.0 Å². The molecule has 21 heavy (non-hydrogen) atoms. The van der Waals surface area contributed by atoms with Gasteiger partial charge in [-0.1, -0.05) is 12.1 Å². The van der Waals surface area contributed by atoms with Crippen molar-refractivity contribution in [3.8, 4) is 0 Å². The number of sulfonamides is 1. The molecule has 0 saturated heterocycles. The van der Waals surface area contributed by atoms with Crippen LogP contribution < -0.4 is 5.32 Å². The van der Waals surface area contributed by atoms with Crippen molar-refractivity contribution in [3.05, 3.63) is 29.3 Å². The second-order valence-corrected chi connectivity index (χ2v) is 8.04. The van der Waals surface area contributed by atoms with E-state index in [-0.39, 0.29) is 6.04 Å². The van der Waals surface area contributed by atoms with Crippen LogP contribution >= 0.6 is 0 Å². The van der Waals surface area contributed by atoms with Crippen LogP contribution in [0.5, 0.6) is 0 Å². The van der Waals surface area contributed by atoms with Crippen molar-refractivity contribution < 1.29 is 8.42 Å². The normalized spacial score (nSPS) is 15.9. The van der Waals surface area contributed by atoms with E-state index in [0.717, 1.165) is 24.0 Å². The Balaban J connectivity index is 2.39. The molecule has 0 aromatic heterocycles. The summed E-state index contributed by atoms with van der Waals surface area (Å²) in [7, 11) is -1.55. The van der Waals surface area contributed by atoms with Gasteiger partial charge in [0.25, 0.3) is 0 Å². The first-order valence-corrected chi connectivity index (χ1v) is 9.07. The van der Waals surface area contributed by atoms with E-state index >= 15 is 0 Å². The summed E-state index contributed by atoms with van der Waals surface area (Å²) in [5.41, 5.74) is 1.89. The van der Waals surface area contributed by atoms with Gasteiger partial charge in [-0.3, -0.25) is 0 Å². The third kappa shape index (κ3) is 3.65. The minimum Gasteiger partial charge on any atom is -0.316 e. The molecule has 1 aliphatic carbocycles. The quantitative estimate of drug-likeness (QED) is 0.842. The minimum atomic E-state index is -3.42. The molecule has 0 heterocycles. The van der Waals surface area contributed by atoms with Crippen LogP contribution in [-0.2, 0) is 16.6 Å². The van der Waals surface area contributed by atoms with Crippen LogP contribution in [0.25, 0.3) is 0 Å². The molecule has 0 radical (unpaired) electrons. The van der Waals surface area contributed by atoms with Crippen molar-refractivity contribution in [1.82, 2.24) is 9.62 Å². The number of hydrogen-bond donors (Lipinski definition) is 1. The van der Waals surface area contributed by atoms with Gasteiger partial charge in [-0.2, -0.15) is 4.31 Å². The zero-order valence-electron chi connectivity index (χ0n) is 13.4. The van der Waals surface area contributed by atoms with Gasteiger partial charge in [0.15, 0.2) is 0 Å². The largest absolute Gasteiger partial charge is 0.316 e. The molecule has 1 aromatic rings. The molecule has 0 amide bonds. The molecule has 1 aliphatic rings. The third-order valence-electron chi connectivity index (χ3n) is 4.06. The van der Waals surface area contributed by atoms with Crippen LogP contribution in [-0.4, -0.2) is 32.4 Å². The highest BCUT2D eigenvalue weighted by molar-refractivity contribution is 7.89. The van der Waals surface area contributed by atoms with E-state index in [1.165, 1.54) is 0 Å². The van der Waals surface area contributed by atoms with Crippen molar-refractivity contribution in [1.29, 1.82) is 0 Å². The van der Waals surface area contributed by atoms with Gasteiger partial charge in [-0.15, -0.1) is 0 Å². The van der Waals surface area contributed by atoms with Gasteiger partial charge < -0.3 is 5.32 Å². The molecule has 1 N–H and O–H groups in total. The van der Waals surface area contributed by atoms with Crippen LogP contribution in [0.15, 0.2) is 23.1 Å². The molecule has 0 spiro atoms. The first-order valence-electron chi connectivity index (χ1n) is 7.63. The van der Waals surface area contributed by atoms with Crippen molar-refractivity contribution >= 4 is 10.0 Å². The van der Waals surface area contributed by atoms with E-state index < -0.39 is 10.0 Å². The van der Waals surface area contributed by atoms with Gasteiger partial charge in [-0.05, 0) is 63.8 Å². The average molecular weight is 310 g/mol. The van der Waals surface area contributed by atoms with Crippen LogP contribution in [0.2, 0.25) is 0 Å². The fourth-order valence-corrected chi connectivity index (χ4v) is 4.57.